The Morgan fingerprint density at radius 3 is 2.81 bits per heavy atom. The highest BCUT2D eigenvalue weighted by atomic mass is 16.5. The first kappa shape index (κ1) is 18.0. The van der Waals surface area contributed by atoms with Crippen molar-refractivity contribution in [2.75, 3.05) is 13.7 Å². The number of rotatable bonds is 8. The third-order valence-electron chi connectivity index (χ3n) is 4.28. The standard InChI is InChI=1S/C21H24N2O3/c1-4-7-16-10-11-20(21(12-16)25-3)26-14-17(24)13-23-15(2)22-18-8-5-6-9-19(18)23/h4-6,8-12,17,24H,1,7,13-14H2,2-3H3. The number of benzene rings is 2. The normalized spacial score (nSPS) is 12.1. The van der Waals surface area contributed by atoms with E-state index in [2.05, 4.69) is 11.6 Å². The molecule has 1 atom stereocenters. The van der Waals surface area contributed by atoms with E-state index in [0.717, 1.165) is 28.8 Å². The van der Waals surface area contributed by atoms with Crippen LogP contribution in [-0.2, 0) is 13.0 Å². The van der Waals surface area contributed by atoms with Crippen molar-refractivity contribution in [3.8, 4) is 11.5 Å². The average molecular weight is 352 g/mol. The molecule has 0 aliphatic rings. The van der Waals surface area contributed by atoms with Gasteiger partial charge in [-0.1, -0.05) is 24.3 Å². The van der Waals surface area contributed by atoms with E-state index in [1.54, 1.807) is 7.11 Å². The molecular formula is C21H24N2O3. The number of aromatic nitrogens is 2. The van der Waals surface area contributed by atoms with Gasteiger partial charge in [0.25, 0.3) is 0 Å². The van der Waals surface area contributed by atoms with Crippen molar-refractivity contribution in [3.63, 3.8) is 0 Å². The number of methoxy groups -OCH3 is 1. The maximum atomic E-state index is 10.4. The molecule has 1 unspecified atom stereocenters. The number of fused-ring (bicyclic) bond motifs is 1. The Kier molecular flexibility index (Phi) is 5.58. The Balaban J connectivity index is 1.68. The zero-order valence-electron chi connectivity index (χ0n) is 15.2. The van der Waals surface area contributed by atoms with Crippen molar-refractivity contribution < 1.29 is 14.6 Å². The van der Waals surface area contributed by atoms with E-state index in [4.69, 9.17) is 9.47 Å². The van der Waals surface area contributed by atoms with E-state index in [-0.39, 0.29) is 6.61 Å². The van der Waals surface area contributed by atoms with Crippen molar-refractivity contribution in [2.45, 2.75) is 26.0 Å². The molecule has 0 bridgehead atoms. The van der Waals surface area contributed by atoms with Crippen molar-refractivity contribution >= 4 is 11.0 Å². The SMILES string of the molecule is C=CCc1ccc(OCC(O)Cn2c(C)nc3ccccc32)c(OC)c1. The largest absolute Gasteiger partial charge is 0.493 e. The minimum Gasteiger partial charge on any atom is -0.493 e. The fraction of sp³-hybridized carbons (Fsp3) is 0.286. The molecule has 26 heavy (non-hydrogen) atoms. The topological polar surface area (TPSA) is 56.5 Å². The van der Waals surface area contributed by atoms with E-state index in [9.17, 15) is 5.11 Å². The Hall–Kier alpha value is -2.79. The third kappa shape index (κ3) is 3.89. The number of aliphatic hydroxyl groups is 1. The third-order valence-corrected chi connectivity index (χ3v) is 4.28. The highest BCUT2D eigenvalue weighted by Crippen LogP contribution is 2.28. The molecule has 0 saturated carbocycles. The number of ether oxygens (including phenoxy) is 2. The molecule has 3 aromatic rings. The molecule has 3 rings (SSSR count). The van der Waals surface area contributed by atoms with Gasteiger partial charge in [-0.2, -0.15) is 0 Å². The zero-order valence-corrected chi connectivity index (χ0v) is 15.2. The second kappa shape index (κ2) is 8.06. The summed E-state index contributed by atoms with van der Waals surface area (Å²) in [5.74, 6) is 2.14. The summed E-state index contributed by atoms with van der Waals surface area (Å²) in [6, 6.07) is 13.7. The van der Waals surface area contributed by atoms with Gasteiger partial charge in [-0.25, -0.2) is 4.98 Å². The number of aliphatic hydroxyl groups excluding tert-OH is 1. The Morgan fingerprint density at radius 2 is 2.04 bits per heavy atom. The molecular weight excluding hydrogens is 328 g/mol. The van der Waals surface area contributed by atoms with Gasteiger partial charge >= 0.3 is 0 Å². The maximum Gasteiger partial charge on any atom is 0.161 e. The summed E-state index contributed by atoms with van der Waals surface area (Å²) in [5.41, 5.74) is 3.04. The van der Waals surface area contributed by atoms with Crippen molar-refractivity contribution in [1.29, 1.82) is 0 Å². The summed E-state index contributed by atoms with van der Waals surface area (Å²) in [6.45, 7) is 6.27. The summed E-state index contributed by atoms with van der Waals surface area (Å²) >= 11 is 0. The number of allylic oxidation sites excluding steroid dienone is 1. The van der Waals surface area contributed by atoms with Crippen LogP contribution >= 0.6 is 0 Å². The van der Waals surface area contributed by atoms with E-state index in [1.165, 1.54) is 0 Å². The van der Waals surface area contributed by atoms with Crippen molar-refractivity contribution in [2.24, 2.45) is 0 Å². The molecule has 5 nitrogen and oxygen atoms in total. The maximum absolute atomic E-state index is 10.4. The smallest absolute Gasteiger partial charge is 0.161 e. The first-order valence-corrected chi connectivity index (χ1v) is 8.63. The summed E-state index contributed by atoms with van der Waals surface area (Å²) in [7, 11) is 1.61. The molecule has 0 saturated heterocycles. The summed E-state index contributed by atoms with van der Waals surface area (Å²) in [6.07, 6.45) is 1.95. The van der Waals surface area contributed by atoms with Crippen LogP contribution in [0.15, 0.2) is 55.1 Å². The van der Waals surface area contributed by atoms with Gasteiger partial charge < -0.3 is 19.1 Å². The Morgan fingerprint density at radius 1 is 1.23 bits per heavy atom. The van der Waals surface area contributed by atoms with Crippen LogP contribution in [0.25, 0.3) is 11.0 Å². The van der Waals surface area contributed by atoms with Crippen LogP contribution in [0.1, 0.15) is 11.4 Å². The van der Waals surface area contributed by atoms with E-state index >= 15 is 0 Å². The number of imidazole rings is 1. The fourth-order valence-electron chi connectivity index (χ4n) is 3.00. The Labute approximate surface area is 153 Å². The van der Waals surface area contributed by atoms with E-state index < -0.39 is 6.10 Å². The minimum atomic E-state index is -0.663. The van der Waals surface area contributed by atoms with Crippen LogP contribution in [0, 0.1) is 6.92 Å². The van der Waals surface area contributed by atoms with Crippen molar-refractivity contribution in [3.05, 3.63) is 66.5 Å². The second-order valence-electron chi connectivity index (χ2n) is 6.20. The molecule has 1 heterocycles. The fourth-order valence-corrected chi connectivity index (χ4v) is 3.00. The van der Waals surface area contributed by atoms with Gasteiger partial charge in [0.05, 0.1) is 24.7 Å². The molecule has 5 heteroatoms. The molecule has 0 fully saturated rings. The molecule has 0 aliphatic carbocycles. The van der Waals surface area contributed by atoms with Crippen LogP contribution < -0.4 is 9.47 Å². The molecule has 0 radical (unpaired) electrons. The van der Waals surface area contributed by atoms with Gasteiger partial charge in [-0.15, -0.1) is 6.58 Å². The van der Waals surface area contributed by atoms with E-state index in [1.807, 2.05) is 60.0 Å². The molecule has 1 aromatic heterocycles. The monoisotopic (exact) mass is 352 g/mol. The number of aryl methyl sites for hydroxylation is 1. The van der Waals surface area contributed by atoms with Crippen LogP contribution in [0.4, 0.5) is 0 Å². The minimum absolute atomic E-state index is 0.170. The lowest BCUT2D eigenvalue weighted by molar-refractivity contribution is 0.0914. The Bertz CT molecular complexity index is 901. The van der Waals surface area contributed by atoms with Gasteiger partial charge in [0.15, 0.2) is 11.5 Å². The number of para-hydroxylation sites is 2. The molecule has 136 valence electrons. The summed E-state index contributed by atoms with van der Waals surface area (Å²) in [4.78, 5) is 4.52. The lowest BCUT2D eigenvalue weighted by Gasteiger charge is -2.16. The van der Waals surface area contributed by atoms with Gasteiger partial charge in [-0.05, 0) is 43.2 Å². The van der Waals surface area contributed by atoms with E-state index in [0.29, 0.717) is 18.0 Å². The molecule has 0 spiro atoms. The zero-order chi connectivity index (χ0) is 18.5. The summed E-state index contributed by atoms with van der Waals surface area (Å²) < 4.78 is 13.2. The van der Waals surface area contributed by atoms with Crippen LogP contribution in [0.2, 0.25) is 0 Å². The number of nitrogens with zero attached hydrogens (tertiary/aromatic N) is 2. The van der Waals surface area contributed by atoms with Gasteiger partial charge in [-0.3, -0.25) is 0 Å². The predicted octanol–water partition coefficient (Wildman–Crippen LogP) is 3.52. The van der Waals surface area contributed by atoms with Gasteiger partial charge in [0.1, 0.15) is 18.5 Å². The van der Waals surface area contributed by atoms with Crippen LogP contribution in [0.5, 0.6) is 11.5 Å². The van der Waals surface area contributed by atoms with Crippen LogP contribution in [0.3, 0.4) is 0 Å². The molecule has 1 N–H and O–H groups in total. The van der Waals surface area contributed by atoms with Gasteiger partial charge in [0.2, 0.25) is 0 Å². The first-order chi connectivity index (χ1) is 12.6. The predicted molar refractivity (Wildman–Crippen MR) is 103 cm³/mol. The summed E-state index contributed by atoms with van der Waals surface area (Å²) in [5, 5.41) is 10.4. The molecule has 2 aromatic carbocycles. The number of hydrogen-bond donors (Lipinski definition) is 1. The molecule has 0 aliphatic heterocycles. The second-order valence-corrected chi connectivity index (χ2v) is 6.20. The van der Waals surface area contributed by atoms with Gasteiger partial charge in [0, 0.05) is 0 Å². The van der Waals surface area contributed by atoms with Crippen molar-refractivity contribution in [1.82, 2.24) is 9.55 Å². The molecule has 0 amide bonds. The van der Waals surface area contributed by atoms with Crippen LogP contribution in [-0.4, -0.2) is 34.5 Å². The lowest BCUT2D eigenvalue weighted by atomic mass is 10.1. The lowest BCUT2D eigenvalue weighted by Crippen LogP contribution is -2.24. The number of hydrogen-bond acceptors (Lipinski definition) is 4. The first-order valence-electron chi connectivity index (χ1n) is 8.63. The highest BCUT2D eigenvalue weighted by Gasteiger charge is 2.13. The quantitative estimate of drug-likeness (QED) is 0.630. The average Bonchev–Trinajstić information content (AvgIpc) is 2.96. The highest BCUT2D eigenvalue weighted by molar-refractivity contribution is 5.75.